The fourth-order valence-electron chi connectivity index (χ4n) is 4.91. The van der Waals surface area contributed by atoms with Crippen molar-refractivity contribution in [2.75, 3.05) is 0 Å². The second-order valence-electron chi connectivity index (χ2n) is 9.70. The zero-order valence-electron chi connectivity index (χ0n) is 22.2. The summed E-state index contributed by atoms with van der Waals surface area (Å²) in [4.78, 5) is 13.0. The van der Waals surface area contributed by atoms with E-state index in [1.165, 1.54) is 12.1 Å². The van der Waals surface area contributed by atoms with Gasteiger partial charge in [0.05, 0.1) is 5.92 Å². The van der Waals surface area contributed by atoms with Gasteiger partial charge in [-0.05, 0) is 66.6 Å². The number of benzene rings is 4. The van der Waals surface area contributed by atoms with E-state index >= 15 is 0 Å². The predicted molar refractivity (Wildman–Crippen MR) is 154 cm³/mol. The minimum Gasteiger partial charge on any atom is -0.489 e. The van der Waals surface area contributed by atoms with Crippen molar-refractivity contribution >= 4 is 28.5 Å². The lowest BCUT2D eigenvalue weighted by molar-refractivity contribution is 0.0702. The number of fused-ring (bicyclic) bond motifs is 2. The number of carbonyl (C=O) groups excluding carboxylic acids is 1. The van der Waals surface area contributed by atoms with Crippen molar-refractivity contribution in [1.29, 1.82) is 5.26 Å². The summed E-state index contributed by atoms with van der Waals surface area (Å²) in [5.41, 5.74) is 9.75. The SMILES string of the molecule is Cc1c(C(=O)Oc2ccc3c(c2)OC(N)=C(C#N)C3c2cccc(OCc3ccc(F)cc3)c2)oc2ccc(Cl)cc12. The van der Waals surface area contributed by atoms with Gasteiger partial charge in [0.25, 0.3) is 0 Å². The van der Waals surface area contributed by atoms with E-state index in [0.29, 0.717) is 33.2 Å². The number of nitrogens with zero attached hydrogens (tertiary/aromatic N) is 1. The summed E-state index contributed by atoms with van der Waals surface area (Å²) in [6.45, 7) is 2.00. The molecule has 2 N–H and O–H groups in total. The number of hydrogen-bond donors (Lipinski definition) is 1. The van der Waals surface area contributed by atoms with Crippen molar-refractivity contribution in [2.24, 2.45) is 5.73 Å². The van der Waals surface area contributed by atoms with Crippen molar-refractivity contribution in [2.45, 2.75) is 19.4 Å². The number of hydrogen-bond acceptors (Lipinski definition) is 7. The van der Waals surface area contributed by atoms with Gasteiger partial charge in [-0.2, -0.15) is 5.26 Å². The molecule has 0 spiro atoms. The van der Waals surface area contributed by atoms with Gasteiger partial charge >= 0.3 is 5.97 Å². The van der Waals surface area contributed by atoms with Crippen LogP contribution in [0, 0.1) is 24.1 Å². The maximum absolute atomic E-state index is 13.2. The highest BCUT2D eigenvalue weighted by atomic mass is 35.5. The molecule has 5 aromatic rings. The molecule has 2 heterocycles. The molecule has 1 atom stereocenters. The fraction of sp³-hybridized carbons (Fsp3) is 0.0909. The Bertz CT molecular complexity index is 1920. The molecule has 42 heavy (non-hydrogen) atoms. The Morgan fingerprint density at radius 1 is 1.05 bits per heavy atom. The first-order valence-corrected chi connectivity index (χ1v) is 13.3. The largest absolute Gasteiger partial charge is 0.489 e. The predicted octanol–water partition coefficient (Wildman–Crippen LogP) is 7.55. The van der Waals surface area contributed by atoms with E-state index in [-0.39, 0.29) is 35.4 Å². The van der Waals surface area contributed by atoms with E-state index in [4.69, 9.17) is 36.0 Å². The zero-order chi connectivity index (χ0) is 29.4. The van der Waals surface area contributed by atoms with Crippen molar-refractivity contribution < 1.29 is 27.8 Å². The first-order valence-electron chi connectivity index (χ1n) is 12.9. The van der Waals surface area contributed by atoms with Crippen LogP contribution in [-0.2, 0) is 6.61 Å². The van der Waals surface area contributed by atoms with Gasteiger partial charge in [-0.3, -0.25) is 0 Å². The summed E-state index contributed by atoms with van der Waals surface area (Å²) in [5, 5.41) is 11.2. The maximum atomic E-state index is 13.2. The lowest BCUT2D eigenvalue weighted by Gasteiger charge is -2.27. The normalized spacial score (nSPS) is 14.2. The second-order valence-corrected chi connectivity index (χ2v) is 10.1. The van der Waals surface area contributed by atoms with Crippen LogP contribution in [0.4, 0.5) is 4.39 Å². The monoisotopic (exact) mass is 580 g/mol. The fourth-order valence-corrected chi connectivity index (χ4v) is 5.09. The van der Waals surface area contributed by atoms with Crippen LogP contribution in [-0.4, -0.2) is 5.97 Å². The van der Waals surface area contributed by atoms with Gasteiger partial charge < -0.3 is 24.4 Å². The van der Waals surface area contributed by atoms with Crippen LogP contribution in [0.25, 0.3) is 11.0 Å². The van der Waals surface area contributed by atoms with Crippen LogP contribution in [0.15, 0.2) is 101 Å². The number of furan rings is 1. The number of nitriles is 1. The van der Waals surface area contributed by atoms with Crippen LogP contribution >= 0.6 is 11.6 Å². The van der Waals surface area contributed by atoms with Gasteiger partial charge in [0.2, 0.25) is 11.6 Å². The first-order chi connectivity index (χ1) is 20.3. The molecule has 0 bridgehead atoms. The maximum Gasteiger partial charge on any atom is 0.379 e. The van der Waals surface area contributed by atoms with Crippen molar-refractivity contribution in [3.05, 3.63) is 135 Å². The van der Waals surface area contributed by atoms with Crippen LogP contribution < -0.4 is 19.9 Å². The number of carbonyl (C=O) groups is 1. The molecule has 208 valence electrons. The van der Waals surface area contributed by atoms with Gasteiger partial charge in [-0.25, -0.2) is 9.18 Å². The van der Waals surface area contributed by atoms with Gasteiger partial charge in [-0.1, -0.05) is 41.9 Å². The Morgan fingerprint density at radius 2 is 1.86 bits per heavy atom. The summed E-state index contributed by atoms with van der Waals surface area (Å²) in [6.07, 6.45) is 0. The summed E-state index contributed by atoms with van der Waals surface area (Å²) in [5.74, 6) is -0.435. The lowest BCUT2D eigenvalue weighted by Crippen LogP contribution is -2.21. The molecular formula is C33H22ClFN2O5. The summed E-state index contributed by atoms with van der Waals surface area (Å²) in [6, 6.07) is 25.5. The van der Waals surface area contributed by atoms with Crippen LogP contribution in [0.2, 0.25) is 5.02 Å². The number of halogens is 2. The topological polar surface area (TPSA) is 108 Å². The molecule has 7 nitrogen and oxygen atoms in total. The molecule has 0 aliphatic carbocycles. The molecule has 1 aromatic heterocycles. The first kappa shape index (κ1) is 26.9. The van der Waals surface area contributed by atoms with Crippen LogP contribution in [0.1, 0.15) is 38.7 Å². The Morgan fingerprint density at radius 3 is 2.64 bits per heavy atom. The molecule has 4 aromatic carbocycles. The Balaban J connectivity index is 1.27. The number of rotatable bonds is 6. The Kier molecular flexibility index (Phi) is 7.03. The number of esters is 1. The standard InChI is InChI=1S/C33H22ClFN2O5/c1-18-26-14-21(34)7-12-28(26)41-31(18)33(38)40-24-10-11-25-29(15-24)42-32(37)27(16-36)30(25)20-3-2-4-23(13-20)39-17-19-5-8-22(35)9-6-19/h2-15,30H,17,37H2,1H3. The summed E-state index contributed by atoms with van der Waals surface area (Å²) >= 11 is 6.10. The minimum absolute atomic E-state index is 0.0545. The number of nitrogens with two attached hydrogens (primary N) is 1. The smallest absolute Gasteiger partial charge is 0.379 e. The van der Waals surface area contributed by atoms with Gasteiger partial charge in [0.15, 0.2) is 0 Å². The highest BCUT2D eigenvalue weighted by Crippen LogP contribution is 2.44. The molecule has 0 saturated heterocycles. The van der Waals surface area contributed by atoms with E-state index in [1.807, 2.05) is 18.2 Å². The average molecular weight is 581 g/mol. The Hall–Kier alpha value is -5.26. The summed E-state index contributed by atoms with van der Waals surface area (Å²) in [7, 11) is 0. The molecule has 1 aliphatic rings. The van der Waals surface area contributed by atoms with Crippen molar-refractivity contribution in [3.63, 3.8) is 0 Å². The second kappa shape index (κ2) is 11.0. The van der Waals surface area contributed by atoms with Crippen LogP contribution in [0.3, 0.4) is 0 Å². The third kappa shape index (κ3) is 5.14. The number of allylic oxidation sites excluding steroid dienone is 1. The van der Waals surface area contributed by atoms with Gasteiger partial charge in [-0.15, -0.1) is 0 Å². The average Bonchev–Trinajstić information content (AvgIpc) is 3.31. The van der Waals surface area contributed by atoms with E-state index < -0.39 is 11.9 Å². The van der Waals surface area contributed by atoms with E-state index in [0.717, 1.165) is 16.5 Å². The molecule has 0 radical (unpaired) electrons. The van der Waals surface area contributed by atoms with Crippen molar-refractivity contribution in [1.82, 2.24) is 0 Å². The third-order valence-corrected chi connectivity index (χ3v) is 7.23. The number of ether oxygens (including phenoxy) is 3. The van der Waals surface area contributed by atoms with E-state index in [2.05, 4.69) is 6.07 Å². The van der Waals surface area contributed by atoms with Crippen LogP contribution in [0.5, 0.6) is 17.2 Å². The van der Waals surface area contributed by atoms with Gasteiger partial charge in [0, 0.05) is 27.6 Å². The lowest BCUT2D eigenvalue weighted by atomic mass is 9.83. The minimum atomic E-state index is -0.681. The van der Waals surface area contributed by atoms with E-state index in [9.17, 15) is 14.4 Å². The zero-order valence-corrected chi connectivity index (χ0v) is 22.9. The molecule has 9 heteroatoms. The number of aryl methyl sites for hydroxylation is 1. The highest BCUT2D eigenvalue weighted by molar-refractivity contribution is 6.31. The van der Waals surface area contributed by atoms with Gasteiger partial charge in [0.1, 0.15) is 46.9 Å². The van der Waals surface area contributed by atoms with E-state index in [1.54, 1.807) is 61.5 Å². The molecule has 1 aliphatic heterocycles. The Labute approximate surface area is 245 Å². The van der Waals surface area contributed by atoms with Crippen molar-refractivity contribution in [3.8, 4) is 23.3 Å². The molecular weight excluding hydrogens is 559 g/mol. The molecule has 6 rings (SSSR count). The summed E-state index contributed by atoms with van der Waals surface area (Å²) < 4.78 is 36.3. The molecule has 0 amide bonds. The third-order valence-electron chi connectivity index (χ3n) is 6.99. The highest BCUT2D eigenvalue weighted by Gasteiger charge is 2.31. The molecule has 0 fully saturated rings. The molecule has 1 unspecified atom stereocenters. The molecule has 0 saturated carbocycles. The quantitative estimate of drug-likeness (QED) is 0.163.